The van der Waals surface area contributed by atoms with Crippen molar-refractivity contribution in [3.63, 3.8) is 0 Å². The van der Waals surface area contributed by atoms with Crippen molar-refractivity contribution in [2.45, 2.75) is 13.1 Å². The van der Waals surface area contributed by atoms with E-state index in [-0.39, 0.29) is 17.2 Å². The molecule has 9 heteroatoms. The average Bonchev–Trinajstić information content (AvgIpc) is 2.82. The number of rotatable bonds is 2. The second kappa shape index (κ2) is 4.83. The molecule has 0 amide bonds. The molecule has 0 aliphatic carbocycles. The molecule has 20 heavy (non-hydrogen) atoms. The van der Waals surface area contributed by atoms with Crippen molar-refractivity contribution < 1.29 is 18.4 Å². The van der Waals surface area contributed by atoms with Crippen LogP contribution in [-0.2, 0) is 6.18 Å². The Morgan fingerprint density at radius 3 is 2.55 bits per heavy atom. The first-order valence-electron chi connectivity index (χ1n) is 5.41. The number of alkyl halides is 3. The molecule has 0 spiro atoms. The molecule has 0 saturated heterocycles. The molecule has 0 aliphatic rings. The first kappa shape index (κ1) is 13.8. The summed E-state index contributed by atoms with van der Waals surface area (Å²) >= 11 is 0. The van der Waals surface area contributed by atoms with Gasteiger partial charge in [0.15, 0.2) is 11.7 Å². The van der Waals surface area contributed by atoms with Crippen molar-refractivity contribution >= 4 is 5.84 Å². The lowest BCUT2D eigenvalue weighted by Crippen LogP contribution is -2.20. The molecule has 0 aliphatic heterocycles. The van der Waals surface area contributed by atoms with Gasteiger partial charge in [0, 0.05) is 6.20 Å². The van der Waals surface area contributed by atoms with E-state index in [0.717, 1.165) is 16.8 Å². The Bertz CT molecular complexity index is 662. The summed E-state index contributed by atoms with van der Waals surface area (Å²) in [5, 5.41) is 15.4. The molecular weight excluding hydrogens is 275 g/mol. The molecule has 0 unspecified atom stereocenters. The normalized spacial score (nSPS) is 12.7. The van der Waals surface area contributed by atoms with Gasteiger partial charge in [0.25, 0.3) is 0 Å². The number of aromatic nitrogens is 3. The van der Waals surface area contributed by atoms with E-state index < -0.39 is 11.9 Å². The molecule has 2 aromatic rings. The predicted octanol–water partition coefficient (Wildman–Crippen LogP) is 1.69. The Hall–Kier alpha value is -2.58. The third-order valence-corrected chi connectivity index (χ3v) is 2.49. The molecule has 0 bridgehead atoms. The van der Waals surface area contributed by atoms with Gasteiger partial charge < -0.3 is 10.9 Å². The van der Waals surface area contributed by atoms with Crippen molar-refractivity contribution in [3.05, 3.63) is 41.3 Å². The Labute approximate surface area is 111 Å². The monoisotopic (exact) mass is 285 g/mol. The van der Waals surface area contributed by atoms with E-state index >= 15 is 0 Å². The smallest absolute Gasteiger partial charge is 0.409 e. The van der Waals surface area contributed by atoms with E-state index in [4.69, 9.17) is 10.9 Å². The van der Waals surface area contributed by atoms with Crippen LogP contribution >= 0.6 is 0 Å². The van der Waals surface area contributed by atoms with Gasteiger partial charge in [0.05, 0.1) is 11.3 Å². The molecule has 3 N–H and O–H groups in total. The summed E-state index contributed by atoms with van der Waals surface area (Å²) in [5.41, 5.74) is 4.99. The highest BCUT2D eigenvalue weighted by molar-refractivity contribution is 5.99. The van der Waals surface area contributed by atoms with Crippen LogP contribution in [0.25, 0.3) is 5.82 Å². The summed E-state index contributed by atoms with van der Waals surface area (Å²) in [6.45, 7) is 1.67. The topological polar surface area (TPSA) is 89.3 Å². The fourth-order valence-corrected chi connectivity index (χ4v) is 1.57. The number of halogens is 3. The summed E-state index contributed by atoms with van der Waals surface area (Å²) in [6, 6.07) is 3.43. The molecule has 2 aromatic heterocycles. The maximum Gasteiger partial charge on any atom is 0.433 e. The summed E-state index contributed by atoms with van der Waals surface area (Å²) in [7, 11) is 0. The molecule has 0 atom stereocenters. The van der Waals surface area contributed by atoms with E-state index in [2.05, 4.69) is 15.2 Å². The van der Waals surface area contributed by atoms with E-state index in [1.54, 1.807) is 13.0 Å². The minimum atomic E-state index is -4.60. The number of aryl methyl sites for hydroxylation is 1. The van der Waals surface area contributed by atoms with Crippen LogP contribution in [0, 0.1) is 6.92 Å². The number of hydrogen-bond donors (Lipinski definition) is 2. The third kappa shape index (κ3) is 2.56. The molecule has 2 rings (SSSR count). The van der Waals surface area contributed by atoms with Crippen LogP contribution in [0.15, 0.2) is 29.6 Å². The van der Waals surface area contributed by atoms with Crippen LogP contribution in [-0.4, -0.2) is 25.8 Å². The van der Waals surface area contributed by atoms with Crippen molar-refractivity contribution in [3.8, 4) is 5.82 Å². The van der Waals surface area contributed by atoms with Crippen molar-refractivity contribution in [1.29, 1.82) is 0 Å². The minimum absolute atomic E-state index is 0.0450. The molecule has 0 aromatic carbocycles. The summed E-state index contributed by atoms with van der Waals surface area (Å²) < 4.78 is 39.2. The third-order valence-electron chi connectivity index (χ3n) is 2.49. The molecule has 106 valence electrons. The fraction of sp³-hybridized carbons (Fsp3) is 0.182. The Kier molecular flexibility index (Phi) is 3.35. The average molecular weight is 285 g/mol. The van der Waals surface area contributed by atoms with Gasteiger partial charge >= 0.3 is 6.18 Å². The molecule has 0 fully saturated rings. The molecule has 0 radical (unpaired) electrons. The predicted molar refractivity (Wildman–Crippen MR) is 63.6 cm³/mol. The highest BCUT2D eigenvalue weighted by Crippen LogP contribution is 2.29. The number of amidine groups is 1. The lowest BCUT2D eigenvalue weighted by Gasteiger charge is -2.11. The van der Waals surface area contributed by atoms with E-state index in [0.29, 0.717) is 5.69 Å². The zero-order valence-corrected chi connectivity index (χ0v) is 10.3. The highest BCUT2D eigenvalue weighted by atomic mass is 19.4. The lowest BCUT2D eigenvalue weighted by molar-refractivity contribution is -0.141. The summed E-state index contributed by atoms with van der Waals surface area (Å²) in [5.74, 6) is -0.516. The van der Waals surface area contributed by atoms with Gasteiger partial charge in [-0.05, 0) is 25.1 Å². The number of pyridine rings is 1. The van der Waals surface area contributed by atoms with Crippen LogP contribution in [0.2, 0.25) is 0 Å². The quantitative estimate of drug-likeness (QED) is 0.380. The summed E-state index contributed by atoms with van der Waals surface area (Å²) in [4.78, 5) is 3.50. The van der Waals surface area contributed by atoms with Crippen molar-refractivity contribution in [2.75, 3.05) is 0 Å². The van der Waals surface area contributed by atoms with Crippen LogP contribution in [0.1, 0.15) is 17.0 Å². The second-order valence-corrected chi connectivity index (χ2v) is 3.95. The second-order valence-electron chi connectivity index (χ2n) is 3.95. The minimum Gasteiger partial charge on any atom is -0.409 e. The van der Waals surface area contributed by atoms with Gasteiger partial charge in [-0.3, -0.25) is 0 Å². The van der Waals surface area contributed by atoms with Crippen molar-refractivity contribution in [2.24, 2.45) is 10.9 Å². The zero-order chi connectivity index (χ0) is 14.9. The van der Waals surface area contributed by atoms with Crippen LogP contribution in [0.5, 0.6) is 0 Å². The van der Waals surface area contributed by atoms with Gasteiger partial charge in [-0.1, -0.05) is 5.16 Å². The van der Waals surface area contributed by atoms with E-state index in [1.165, 1.54) is 6.20 Å². The van der Waals surface area contributed by atoms with Gasteiger partial charge in [0.2, 0.25) is 0 Å². The number of oxime groups is 1. The van der Waals surface area contributed by atoms with Crippen LogP contribution in [0.3, 0.4) is 0 Å². The Balaban J connectivity index is 2.66. The van der Waals surface area contributed by atoms with Gasteiger partial charge in [0.1, 0.15) is 5.69 Å². The number of nitrogens with two attached hydrogens (primary N) is 1. The molecule has 2 heterocycles. The molecule has 0 saturated carbocycles. The van der Waals surface area contributed by atoms with Gasteiger partial charge in [-0.2, -0.15) is 18.3 Å². The number of hydrogen-bond acceptors (Lipinski definition) is 4. The molecular formula is C11H10F3N5O. The SMILES string of the molecule is Cc1ccn(-c2nc(C(F)(F)F)ccc2C(N)=NO)n1. The first-order chi connectivity index (χ1) is 9.32. The highest BCUT2D eigenvalue weighted by Gasteiger charge is 2.33. The number of nitrogens with zero attached hydrogens (tertiary/aromatic N) is 4. The molecule has 6 nitrogen and oxygen atoms in total. The fourth-order valence-electron chi connectivity index (χ4n) is 1.57. The van der Waals surface area contributed by atoms with Crippen LogP contribution < -0.4 is 5.73 Å². The lowest BCUT2D eigenvalue weighted by atomic mass is 10.2. The Morgan fingerprint density at radius 1 is 1.35 bits per heavy atom. The van der Waals surface area contributed by atoms with E-state index in [9.17, 15) is 13.2 Å². The Morgan fingerprint density at radius 2 is 2.05 bits per heavy atom. The standard InChI is InChI=1S/C11H10F3N5O/c1-6-4-5-19(17-6)10-7(9(15)18-20)2-3-8(16-10)11(12,13)14/h2-5,20H,1H3,(H2,15,18). The largest absolute Gasteiger partial charge is 0.433 e. The van der Waals surface area contributed by atoms with Crippen molar-refractivity contribution in [1.82, 2.24) is 14.8 Å². The van der Waals surface area contributed by atoms with E-state index in [1.807, 2.05) is 0 Å². The summed E-state index contributed by atoms with van der Waals surface area (Å²) in [6.07, 6.45) is -3.16. The van der Waals surface area contributed by atoms with Gasteiger partial charge in [-0.25, -0.2) is 9.67 Å². The van der Waals surface area contributed by atoms with Gasteiger partial charge in [-0.15, -0.1) is 0 Å². The zero-order valence-electron chi connectivity index (χ0n) is 10.3. The first-order valence-corrected chi connectivity index (χ1v) is 5.41. The maximum absolute atomic E-state index is 12.7. The van der Waals surface area contributed by atoms with Crippen LogP contribution in [0.4, 0.5) is 13.2 Å². The maximum atomic E-state index is 12.7.